The van der Waals surface area contributed by atoms with Crippen LogP contribution < -0.4 is 10.6 Å². The maximum absolute atomic E-state index is 11.4. The van der Waals surface area contributed by atoms with E-state index in [1.54, 1.807) is 6.20 Å². The second kappa shape index (κ2) is 4.64. The number of rotatable bonds is 4. The van der Waals surface area contributed by atoms with Crippen molar-refractivity contribution in [2.75, 3.05) is 13.1 Å². The summed E-state index contributed by atoms with van der Waals surface area (Å²) in [5.74, 6) is 0.0557. The Morgan fingerprint density at radius 3 is 2.69 bits per heavy atom. The Kier molecular flexibility index (Phi) is 3.49. The van der Waals surface area contributed by atoms with Gasteiger partial charge in [-0.3, -0.25) is 4.79 Å². The fourth-order valence-electron chi connectivity index (χ4n) is 1.10. The number of carbonyl (C=O) groups is 2. The lowest BCUT2D eigenvalue weighted by Crippen LogP contribution is -2.34. The van der Waals surface area contributed by atoms with Gasteiger partial charge in [0.05, 0.1) is 5.70 Å². The van der Waals surface area contributed by atoms with Crippen LogP contribution in [0.25, 0.3) is 0 Å². The van der Waals surface area contributed by atoms with Crippen molar-refractivity contribution in [3.63, 3.8) is 0 Å². The highest BCUT2D eigenvalue weighted by Crippen LogP contribution is 2.01. The van der Waals surface area contributed by atoms with Crippen molar-refractivity contribution in [3.8, 4) is 0 Å². The third-order valence-corrected chi connectivity index (χ3v) is 1.84. The lowest BCUT2D eigenvalue weighted by Gasteiger charge is -2.15. The topological polar surface area (TPSA) is 58.2 Å². The summed E-state index contributed by atoms with van der Waals surface area (Å²) in [6.07, 6.45) is 2.31. The van der Waals surface area contributed by atoms with Gasteiger partial charge < -0.3 is 15.4 Å². The highest BCUT2D eigenvalue weighted by Gasteiger charge is 2.11. The molecular weight excluding hydrogens is 168 g/mol. The van der Waals surface area contributed by atoms with E-state index in [-0.39, 0.29) is 11.6 Å². The number of carbonyl (C=O) groups excluding carboxylic acids is 2. The SMILES string of the molecule is CC(=O)CCC(=O)C1=CNCCN1. The van der Waals surface area contributed by atoms with E-state index in [2.05, 4.69) is 10.6 Å². The Hall–Kier alpha value is -1.32. The summed E-state index contributed by atoms with van der Waals surface area (Å²) in [6.45, 7) is 3.09. The molecule has 0 bridgehead atoms. The molecule has 0 radical (unpaired) electrons. The number of Topliss-reactive ketones (excluding diaryl/α,β-unsaturated/α-hetero) is 2. The number of ketones is 2. The van der Waals surface area contributed by atoms with Gasteiger partial charge in [0.25, 0.3) is 0 Å². The van der Waals surface area contributed by atoms with Crippen LogP contribution in [-0.4, -0.2) is 24.7 Å². The minimum absolute atomic E-state index is 0.00222. The van der Waals surface area contributed by atoms with Gasteiger partial charge in [-0.15, -0.1) is 0 Å². The second-order valence-electron chi connectivity index (χ2n) is 3.06. The molecule has 4 heteroatoms. The molecule has 0 fully saturated rings. The van der Waals surface area contributed by atoms with Gasteiger partial charge in [0.1, 0.15) is 5.78 Å². The minimum Gasteiger partial charge on any atom is -0.387 e. The highest BCUT2D eigenvalue weighted by atomic mass is 16.1. The zero-order valence-corrected chi connectivity index (χ0v) is 7.72. The Balaban J connectivity index is 2.38. The van der Waals surface area contributed by atoms with E-state index in [0.717, 1.165) is 13.1 Å². The lowest BCUT2D eigenvalue weighted by molar-refractivity contribution is -0.121. The van der Waals surface area contributed by atoms with E-state index in [1.807, 2.05) is 0 Å². The smallest absolute Gasteiger partial charge is 0.180 e. The molecule has 0 aromatic heterocycles. The van der Waals surface area contributed by atoms with E-state index >= 15 is 0 Å². The molecule has 0 aromatic rings. The van der Waals surface area contributed by atoms with E-state index < -0.39 is 0 Å². The predicted molar refractivity (Wildman–Crippen MR) is 49.0 cm³/mol. The number of hydrogen-bond donors (Lipinski definition) is 2. The quantitative estimate of drug-likeness (QED) is 0.640. The van der Waals surface area contributed by atoms with Crippen LogP contribution in [0, 0.1) is 0 Å². The van der Waals surface area contributed by atoms with Gasteiger partial charge in [-0.1, -0.05) is 0 Å². The van der Waals surface area contributed by atoms with E-state index in [9.17, 15) is 9.59 Å². The molecule has 72 valence electrons. The van der Waals surface area contributed by atoms with Crippen LogP contribution in [-0.2, 0) is 9.59 Å². The maximum Gasteiger partial charge on any atom is 0.180 e. The fraction of sp³-hybridized carbons (Fsp3) is 0.556. The molecule has 0 aliphatic carbocycles. The average molecular weight is 182 g/mol. The second-order valence-corrected chi connectivity index (χ2v) is 3.06. The molecule has 1 rings (SSSR count). The van der Waals surface area contributed by atoms with Crippen molar-refractivity contribution in [2.45, 2.75) is 19.8 Å². The third-order valence-electron chi connectivity index (χ3n) is 1.84. The number of allylic oxidation sites excluding steroid dienone is 1. The Morgan fingerprint density at radius 2 is 2.15 bits per heavy atom. The van der Waals surface area contributed by atoms with Gasteiger partial charge in [-0.25, -0.2) is 0 Å². The first-order chi connectivity index (χ1) is 6.20. The molecule has 0 unspecified atom stereocenters. The van der Waals surface area contributed by atoms with Crippen molar-refractivity contribution in [3.05, 3.63) is 11.9 Å². The molecule has 4 nitrogen and oxygen atoms in total. The largest absolute Gasteiger partial charge is 0.387 e. The summed E-state index contributed by atoms with van der Waals surface area (Å²) < 4.78 is 0. The molecule has 0 amide bonds. The van der Waals surface area contributed by atoms with Crippen molar-refractivity contribution in [1.29, 1.82) is 0 Å². The summed E-state index contributed by atoms with van der Waals surface area (Å²) in [7, 11) is 0. The van der Waals surface area contributed by atoms with Gasteiger partial charge in [-0.2, -0.15) is 0 Å². The van der Waals surface area contributed by atoms with E-state index in [4.69, 9.17) is 0 Å². The summed E-state index contributed by atoms with van der Waals surface area (Å²) in [5, 5.41) is 5.95. The Bertz CT molecular complexity index is 246. The zero-order valence-electron chi connectivity index (χ0n) is 7.72. The van der Waals surface area contributed by atoms with Crippen LogP contribution in [0.4, 0.5) is 0 Å². The summed E-state index contributed by atoms with van der Waals surface area (Å²) in [6, 6.07) is 0. The normalized spacial score (nSPS) is 15.3. The first-order valence-electron chi connectivity index (χ1n) is 4.40. The molecule has 1 heterocycles. The average Bonchev–Trinajstić information content (AvgIpc) is 2.15. The summed E-state index contributed by atoms with van der Waals surface area (Å²) in [4.78, 5) is 22.0. The maximum atomic E-state index is 11.4. The summed E-state index contributed by atoms with van der Waals surface area (Å²) >= 11 is 0. The van der Waals surface area contributed by atoms with Crippen molar-refractivity contribution in [2.24, 2.45) is 0 Å². The lowest BCUT2D eigenvalue weighted by atomic mass is 10.1. The highest BCUT2D eigenvalue weighted by molar-refractivity contribution is 5.96. The molecule has 0 atom stereocenters. The molecule has 0 saturated carbocycles. The molecule has 1 aliphatic rings. The van der Waals surface area contributed by atoms with Gasteiger partial charge in [0.15, 0.2) is 5.78 Å². The molecule has 0 aromatic carbocycles. The minimum atomic E-state index is 0.00222. The number of hydrogen-bond acceptors (Lipinski definition) is 4. The van der Waals surface area contributed by atoms with Crippen LogP contribution in [0.5, 0.6) is 0 Å². The molecule has 1 aliphatic heterocycles. The van der Waals surface area contributed by atoms with E-state index in [1.165, 1.54) is 6.92 Å². The fourth-order valence-corrected chi connectivity index (χ4v) is 1.10. The Labute approximate surface area is 77.4 Å². The van der Waals surface area contributed by atoms with Gasteiger partial charge in [0, 0.05) is 32.1 Å². The molecule has 0 spiro atoms. The van der Waals surface area contributed by atoms with Crippen molar-refractivity contribution in [1.82, 2.24) is 10.6 Å². The Morgan fingerprint density at radius 1 is 1.38 bits per heavy atom. The third kappa shape index (κ3) is 3.27. The van der Waals surface area contributed by atoms with Crippen LogP contribution in [0.15, 0.2) is 11.9 Å². The predicted octanol–water partition coefficient (Wildman–Crippen LogP) is -0.0411. The molecular formula is C9H14N2O2. The first-order valence-corrected chi connectivity index (χ1v) is 4.40. The van der Waals surface area contributed by atoms with Crippen LogP contribution >= 0.6 is 0 Å². The van der Waals surface area contributed by atoms with Crippen LogP contribution in [0.3, 0.4) is 0 Å². The molecule has 2 N–H and O–H groups in total. The molecule has 0 saturated heterocycles. The van der Waals surface area contributed by atoms with E-state index in [0.29, 0.717) is 18.5 Å². The summed E-state index contributed by atoms with van der Waals surface area (Å²) in [5.41, 5.74) is 0.590. The molecule has 13 heavy (non-hydrogen) atoms. The van der Waals surface area contributed by atoms with Gasteiger partial charge in [-0.05, 0) is 6.92 Å². The first kappa shape index (κ1) is 9.77. The van der Waals surface area contributed by atoms with Crippen LogP contribution in [0.1, 0.15) is 19.8 Å². The number of nitrogens with one attached hydrogen (secondary N) is 2. The van der Waals surface area contributed by atoms with Crippen molar-refractivity contribution < 1.29 is 9.59 Å². The van der Waals surface area contributed by atoms with Gasteiger partial charge in [0.2, 0.25) is 0 Å². The monoisotopic (exact) mass is 182 g/mol. The van der Waals surface area contributed by atoms with Crippen LogP contribution in [0.2, 0.25) is 0 Å². The standard InChI is InChI=1S/C9H14N2O2/c1-7(12)2-3-9(13)8-6-10-4-5-11-8/h6,10-11H,2-5H2,1H3. The van der Waals surface area contributed by atoms with Crippen molar-refractivity contribution >= 4 is 11.6 Å². The zero-order chi connectivity index (χ0) is 9.68. The van der Waals surface area contributed by atoms with Gasteiger partial charge >= 0.3 is 0 Å².